The summed E-state index contributed by atoms with van der Waals surface area (Å²) >= 11 is 1.48. The van der Waals surface area contributed by atoms with Crippen molar-refractivity contribution in [3.8, 4) is 0 Å². The van der Waals surface area contributed by atoms with E-state index < -0.39 is 23.2 Å². The molecule has 0 radical (unpaired) electrons. The van der Waals surface area contributed by atoms with Gasteiger partial charge in [-0.05, 0) is 36.4 Å². The van der Waals surface area contributed by atoms with Gasteiger partial charge in [0.2, 0.25) is 0 Å². The first-order chi connectivity index (χ1) is 11.4. The van der Waals surface area contributed by atoms with Gasteiger partial charge in [0.1, 0.15) is 0 Å². The van der Waals surface area contributed by atoms with Crippen LogP contribution in [-0.4, -0.2) is 19.1 Å². The molecule has 3 nitrogen and oxygen atoms in total. The lowest BCUT2D eigenvalue weighted by atomic mass is 9.87. The van der Waals surface area contributed by atoms with Gasteiger partial charge in [0.05, 0.1) is 16.7 Å². The van der Waals surface area contributed by atoms with Crippen molar-refractivity contribution in [1.82, 2.24) is 5.32 Å². The largest absolute Gasteiger partial charge is 0.417 e. The fourth-order valence-electron chi connectivity index (χ4n) is 2.92. The molecule has 2 aromatic rings. The highest BCUT2D eigenvalue weighted by atomic mass is 32.1. The number of hydrogen-bond donors (Lipinski definition) is 1. The fraction of sp³-hybridized carbons (Fsp3) is 0.353. The van der Waals surface area contributed by atoms with E-state index in [0.717, 1.165) is 10.9 Å². The number of halogens is 3. The normalized spacial score (nSPS) is 17.5. The second kappa shape index (κ2) is 6.57. The molecule has 0 unspecified atom stereocenters. The third-order valence-corrected chi connectivity index (χ3v) is 5.24. The van der Waals surface area contributed by atoms with Crippen LogP contribution in [0.5, 0.6) is 0 Å². The van der Waals surface area contributed by atoms with Gasteiger partial charge in [0, 0.05) is 18.1 Å². The van der Waals surface area contributed by atoms with Crippen LogP contribution in [-0.2, 0) is 16.5 Å². The number of benzene rings is 1. The summed E-state index contributed by atoms with van der Waals surface area (Å²) in [7, 11) is 0. The maximum Gasteiger partial charge on any atom is 0.417 e. The van der Waals surface area contributed by atoms with Gasteiger partial charge in [0.25, 0.3) is 5.91 Å². The highest BCUT2D eigenvalue weighted by molar-refractivity contribution is 7.10. The van der Waals surface area contributed by atoms with E-state index in [9.17, 15) is 18.0 Å². The van der Waals surface area contributed by atoms with Gasteiger partial charge in [-0.3, -0.25) is 4.79 Å². The van der Waals surface area contributed by atoms with Crippen LogP contribution >= 0.6 is 11.3 Å². The fourth-order valence-corrected chi connectivity index (χ4v) is 3.86. The Morgan fingerprint density at radius 2 is 1.83 bits per heavy atom. The molecule has 24 heavy (non-hydrogen) atoms. The molecular formula is C17H16F3NO2S. The summed E-state index contributed by atoms with van der Waals surface area (Å²) in [5.74, 6) is -0.710. The lowest BCUT2D eigenvalue weighted by Crippen LogP contribution is -2.49. The van der Waals surface area contributed by atoms with Crippen molar-refractivity contribution in [2.75, 3.05) is 13.2 Å². The molecule has 128 valence electrons. The van der Waals surface area contributed by atoms with Crippen LogP contribution < -0.4 is 5.32 Å². The zero-order valence-corrected chi connectivity index (χ0v) is 13.5. The molecule has 7 heteroatoms. The van der Waals surface area contributed by atoms with Crippen LogP contribution in [0.25, 0.3) is 0 Å². The molecule has 1 aliphatic heterocycles. The maximum absolute atomic E-state index is 13.2. The Balaban J connectivity index is 1.93. The summed E-state index contributed by atoms with van der Waals surface area (Å²) in [5.41, 5.74) is -1.95. The van der Waals surface area contributed by atoms with Crippen LogP contribution in [0.4, 0.5) is 13.2 Å². The summed E-state index contributed by atoms with van der Waals surface area (Å²) < 4.78 is 44.8. The van der Waals surface area contributed by atoms with Crippen molar-refractivity contribution in [3.63, 3.8) is 0 Å². The van der Waals surface area contributed by atoms with E-state index in [4.69, 9.17) is 4.74 Å². The molecule has 0 saturated carbocycles. The monoisotopic (exact) mass is 355 g/mol. The van der Waals surface area contributed by atoms with Gasteiger partial charge in [0.15, 0.2) is 0 Å². The first-order valence-electron chi connectivity index (χ1n) is 7.53. The van der Waals surface area contributed by atoms with Crippen molar-refractivity contribution in [3.05, 3.63) is 57.8 Å². The van der Waals surface area contributed by atoms with Crippen molar-refractivity contribution < 1.29 is 22.7 Å². The zero-order valence-electron chi connectivity index (χ0n) is 12.7. The summed E-state index contributed by atoms with van der Waals surface area (Å²) in [6.45, 7) is 0.915. The number of rotatable bonds is 3. The first-order valence-corrected chi connectivity index (χ1v) is 8.41. The Bertz CT molecular complexity index is 707. The van der Waals surface area contributed by atoms with Crippen LogP contribution in [0, 0.1) is 0 Å². The molecule has 1 aliphatic rings. The SMILES string of the molecule is O=C(NC1(c2cccs2)CCOCC1)c1ccccc1C(F)(F)F. The number of alkyl halides is 3. The van der Waals surface area contributed by atoms with Gasteiger partial charge in [-0.1, -0.05) is 18.2 Å². The van der Waals surface area contributed by atoms with Gasteiger partial charge < -0.3 is 10.1 Å². The molecule has 1 fully saturated rings. The molecule has 1 N–H and O–H groups in total. The van der Waals surface area contributed by atoms with E-state index in [-0.39, 0.29) is 5.56 Å². The molecule has 0 bridgehead atoms. The van der Waals surface area contributed by atoms with E-state index in [1.54, 1.807) is 0 Å². The van der Waals surface area contributed by atoms with E-state index in [1.807, 2.05) is 17.5 Å². The molecule has 1 aromatic carbocycles. The second-order valence-corrected chi connectivity index (χ2v) is 6.62. The van der Waals surface area contributed by atoms with E-state index in [1.165, 1.54) is 29.5 Å². The zero-order chi connectivity index (χ0) is 17.2. The number of ether oxygens (including phenoxy) is 1. The highest BCUT2D eigenvalue weighted by Gasteiger charge is 2.40. The minimum Gasteiger partial charge on any atom is -0.381 e. The predicted molar refractivity (Wildman–Crippen MR) is 85.0 cm³/mol. The third-order valence-electron chi connectivity index (χ3n) is 4.17. The van der Waals surface area contributed by atoms with Crippen LogP contribution in [0.1, 0.15) is 33.6 Å². The summed E-state index contributed by atoms with van der Waals surface area (Å²) in [6.07, 6.45) is -3.50. The molecular weight excluding hydrogens is 339 g/mol. The smallest absolute Gasteiger partial charge is 0.381 e. The Hall–Kier alpha value is -1.86. The summed E-state index contributed by atoms with van der Waals surface area (Å²) in [6, 6.07) is 8.62. The molecule has 1 amide bonds. The van der Waals surface area contributed by atoms with Crippen molar-refractivity contribution in [1.29, 1.82) is 0 Å². The molecule has 1 saturated heterocycles. The Morgan fingerprint density at radius 1 is 1.12 bits per heavy atom. The van der Waals surface area contributed by atoms with Gasteiger partial charge in [-0.2, -0.15) is 13.2 Å². The lowest BCUT2D eigenvalue weighted by Gasteiger charge is -2.37. The molecule has 3 rings (SSSR count). The minimum absolute atomic E-state index is 0.354. The molecule has 0 aliphatic carbocycles. The number of hydrogen-bond acceptors (Lipinski definition) is 3. The number of carbonyl (C=O) groups excluding carboxylic acids is 1. The van der Waals surface area contributed by atoms with Gasteiger partial charge >= 0.3 is 6.18 Å². The molecule has 1 aromatic heterocycles. The predicted octanol–water partition coefficient (Wildman–Crippen LogP) is 4.20. The summed E-state index contributed by atoms with van der Waals surface area (Å²) in [5, 5.41) is 4.75. The highest BCUT2D eigenvalue weighted by Crippen LogP contribution is 2.37. The molecule has 0 spiro atoms. The van der Waals surface area contributed by atoms with Gasteiger partial charge in [-0.25, -0.2) is 0 Å². The van der Waals surface area contributed by atoms with Gasteiger partial charge in [-0.15, -0.1) is 11.3 Å². The van der Waals surface area contributed by atoms with E-state index in [0.29, 0.717) is 26.1 Å². The molecule has 0 atom stereocenters. The second-order valence-electron chi connectivity index (χ2n) is 5.67. The Labute approximate surface area is 141 Å². The van der Waals surface area contributed by atoms with Crippen LogP contribution in [0.15, 0.2) is 41.8 Å². The first kappa shape index (κ1) is 17.0. The van der Waals surface area contributed by atoms with E-state index in [2.05, 4.69) is 5.32 Å². The number of nitrogens with one attached hydrogen (secondary N) is 1. The topological polar surface area (TPSA) is 38.3 Å². The number of carbonyl (C=O) groups is 1. The summed E-state index contributed by atoms with van der Waals surface area (Å²) in [4.78, 5) is 13.6. The average molecular weight is 355 g/mol. The van der Waals surface area contributed by atoms with Crippen molar-refractivity contribution in [2.45, 2.75) is 24.6 Å². The molecule has 2 heterocycles. The Kier molecular flexibility index (Phi) is 4.64. The Morgan fingerprint density at radius 3 is 2.46 bits per heavy atom. The lowest BCUT2D eigenvalue weighted by molar-refractivity contribution is -0.138. The number of thiophene rings is 1. The standard InChI is InChI=1S/C17H16F3NO2S/c18-17(19,20)13-5-2-1-4-12(13)15(22)21-16(7-9-23-10-8-16)14-6-3-11-24-14/h1-6,11H,7-10H2,(H,21,22). The average Bonchev–Trinajstić information content (AvgIpc) is 3.10. The van der Waals surface area contributed by atoms with Crippen molar-refractivity contribution >= 4 is 17.2 Å². The quantitative estimate of drug-likeness (QED) is 0.896. The van der Waals surface area contributed by atoms with Crippen molar-refractivity contribution in [2.24, 2.45) is 0 Å². The number of amides is 1. The maximum atomic E-state index is 13.2. The third kappa shape index (κ3) is 3.32. The van der Waals surface area contributed by atoms with E-state index >= 15 is 0 Å². The van der Waals surface area contributed by atoms with Crippen LogP contribution in [0.2, 0.25) is 0 Å². The van der Waals surface area contributed by atoms with Crippen LogP contribution in [0.3, 0.4) is 0 Å². The minimum atomic E-state index is -4.57.